The number of carbonyl (C=O) groups excluding carboxylic acids is 1. The van der Waals surface area contributed by atoms with E-state index in [2.05, 4.69) is 15.6 Å². The maximum Gasteiger partial charge on any atom is 0.325 e. The van der Waals surface area contributed by atoms with Gasteiger partial charge in [0.15, 0.2) is 5.13 Å². The Bertz CT molecular complexity index is 839. The zero-order valence-electron chi connectivity index (χ0n) is 12.9. The second kappa shape index (κ2) is 6.71. The second-order valence-corrected chi connectivity index (χ2v) is 5.75. The molecule has 2 amide bonds. The van der Waals surface area contributed by atoms with E-state index in [9.17, 15) is 9.18 Å². The van der Waals surface area contributed by atoms with E-state index in [0.717, 1.165) is 4.70 Å². The molecule has 0 unspecified atom stereocenters. The topological polar surface area (TPSA) is 72.5 Å². The number of thiazole rings is 1. The van der Waals surface area contributed by atoms with Gasteiger partial charge in [0.05, 0.1) is 14.2 Å². The van der Waals surface area contributed by atoms with Crippen LogP contribution in [0.15, 0.2) is 36.4 Å². The average Bonchev–Trinajstić information content (AvgIpc) is 2.99. The number of halogens is 1. The Hall–Kier alpha value is -2.87. The summed E-state index contributed by atoms with van der Waals surface area (Å²) in [5, 5.41) is 5.65. The second-order valence-electron chi connectivity index (χ2n) is 4.75. The number of anilines is 2. The maximum atomic E-state index is 12.9. The van der Waals surface area contributed by atoms with Crippen LogP contribution in [0.1, 0.15) is 0 Å². The number of rotatable bonds is 4. The monoisotopic (exact) mass is 347 g/mol. The summed E-state index contributed by atoms with van der Waals surface area (Å²) in [6.45, 7) is 0. The molecule has 2 aromatic carbocycles. The highest BCUT2D eigenvalue weighted by Gasteiger charge is 2.15. The summed E-state index contributed by atoms with van der Waals surface area (Å²) < 4.78 is 24.2. The number of fused-ring (bicyclic) bond motifs is 1. The van der Waals surface area contributed by atoms with Crippen molar-refractivity contribution >= 4 is 38.4 Å². The van der Waals surface area contributed by atoms with Crippen LogP contribution in [-0.2, 0) is 0 Å². The van der Waals surface area contributed by atoms with Crippen LogP contribution < -0.4 is 20.1 Å². The van der Waals surface area contributed by atoms with Crippen LogP contribution in [0.2, 0.25) is 0 Å². The van der Waals surface area contributed by atoms with Crippen LogP contribution in [0.4, 0.5) is 20.0 Å². The smallest absolute Gasteiger partial charge is 0.325 e. The van der Waals surface area contributed by atoms with Crippen LogP contribution in [-0.4, -0.2) is 25.2 Å². The van der Waals surface area contributed by atoms with Crippen LogP contribution >= 0.6 is 11.3 Å². The van der Waals surface area contributed by atoms with E-state index in [1.165, 1.54) is 35.6 Å². The molecule has 6 nitrogen and oxygen atoms in total. The Morgan fingerprint density at radius 2 is 1.71 bits per heavy atom. The minimum atomic E-state index is -0.474. The van der Waals surface area contributed by atoms with Crippen LogP contribution in [0.3, 0.4) is 0 Å². The predicted molar refractivity (Wildman–Crippen MR) is 91.8 cm³/mol. The molecule has 0 fully saturated rings. The number of hydrogen-bond donors (Lipinski definition) is 2. The van der Waals surface area contributed by atoms with Crippen LogP contribution in [0.5, 0.6) is 11.5 Å². The third-order valence-corrected chi connectivity index (χ3v) is 4.22. The molecule has 2 N–H and O–H groups in total. The van der Waals surface area contributed by atoms with E-state index in [1.807, 2.05) is 0 Å². The Labute approximate surface area is 141 Å². The molecule has 0 saturated heterocycles. The molecular weight excluding hydrogens is 333 g/mol. The molecule has 0 aliphatic carbocycles. The third kappa shape index (κ3) is 3.23. The summed E-state index contributed by atoms with van der Waals surface area (Å²) in [6.07, 6.45) is 0. The first-order chi connectivity index (χ1) is 11.6. The van der Waals surface area contributed by atoms with Gasteiger partial charge < -0.3 is 14.8 Å². The predicted octanol–water partition coefficient (Wildman–Crippen LogP) is 4.10. The van der Waals surface area contributed by atoms with Crippen molar-refractivity contribution in [1.29, 1.82) is 0 Å². The first kappa shape index (κ1) is 16.0. The zero-order valence-corrected chi connectivity index (χ0v) is 13.7. The lowest BCUT2D eigenvalue weighted by molar-refractivity contribution is 0.262. The molecule has 0 aliphatic heterocycles. The molecule has 0 spiro atoms. The highest BCUT2D eigenvalue weighted by molar-refractivity contribution is 7.22. The van der Waals surface area contributed by atoms with Crippen LogP contribution in [0.25, 0.3) is 10.2 Å². The Morgan fingerprint density at radius 3 is 2.38 bits per heavy atom. The van der Waals surface area contributed by atoms with Gasteiger partial charge in [0.2, 0.25) is 0 Å². The van der Waals surface area contributed by atoms with Gasteiger partial charge >= 0.3 is 6.03 Å². The van der Waals surface area contributed by atoms with E-state index in [1.54, 1.807) is 26.4 Å². The maximum absolute atomic E-state index is 12.9. The summed E-state index contributed by atoms with van der Waals surface area (Å²) in [5.74, 6) is 0.871. The van der Waals surface area contributed by atoms with Crippen molar-refractivity contribution in [2.24, 2.45) is 0 Å². The summed E-state index contributed by atoms with van der Waals surface area (Å²) in [7, 11) is 3.12. The number of nitrogens with zero attached hydrogens (tertiary/aromatic N) is 1. The van der Waals surface area contributed by atoms with Crippen LogP contribution in [0, 0.1) is 5.82 Å². The Kier molecular flexibility index (Phi) is 4.48. The molecule has 0 atom stereocenters. The fraction of sp³-hybridized carbons (Fsp3) is 0.125. The van der Waals surface area contributed by atoms with E-state index >= 15 is 0 Å². The van der Waals surface area contributed by atoms with Gasteiger partial charge in [0.1, 0.15) is 27.5 Å². The number of methoxy groups -OCH3 is 2. The quantitative estimate of drug-likeness (QED) is 0.745. The Morgan fingerprint density at radius 1 is 1.04 bits per heavy atom. The lowest BCUT2D eigenvalue weighted by atomic mass is 10.3. The summed E-state index contributed by atoms with van der Waals surface area (Å²) in [6, 6.07) is 8.54. The molecule has 24 heavy (non-hydrogen) atoms. The molecule has 3 rings (SSSR count). The normalized spacial score (nSPS) is 10.5. The number of ether oxygens (including phenoxy) is 2. The van der Waals surface area contributed by atoms with Gasteiger partial charge in [-0.3, -0.25) is 5.32 Å². The Balaban J connectivity index is 1.82. The molecule has 0 saturated carbocycles. The largest absolute Gasteiger partial charge is 0.495 e. The van der Waals surface area contributed by atoms with Gasteiger partial charge in [0, 0.05) is 5.69 Å². The SMILES string of the molecule is COc1ccc(OC)c2sc(NC(=O)Nc3ccc(F)cc3)nc12. The molecule has 1 heterocycles. The lowest BCUT2D eigenvalue weighted by Gasteiger charge is -2.04. The zero-order chi connectivity index (χ0) is 17.1. The average molecular weight is 347 g/mol. The van der Waals surface area contributed by atoms with E-state index in [0.29, 0.717) is 27.8 Å². The molecule has 3 aromatic rings. The first-order valence-corrected chi connectivity index (χ1v) is 7.77. The highest BCUT2D eigenvalue weighted by Crippen LogP contribution is 2.38. The number of hydrogen-bond acceptors (Lipinski definition) is 5. The number of amides is 2. The number of carbonyl (C=O) groups is 1. The van der Waals surface area contributed by atoms with E-state index in [4.69, 9.17) is 9.47 Å². The van der Waals surface area contributed by atoms with Crippen molar-refractivity contribution in [2.45, 2.75) is 0 Å². The number of nitrogens with one attached hydrogen (secondary N) is 2. The van der Waals surface area contributed by atoms with Crippen molar-refractivity contribution in [1.82, 2.24) is 4.98 Å². The molecular formula is C16H14FN3O3S. The number of urea groups is 1. The standard InChI is InChI=1S/C16H14FN3O3S/c1-22-11-7-8-12(23-2)14-13(11)19-16(24-14)20-15(21)18-10-5-3-9(17)4-6-10/h3-8H,1-2H3,(H2,18,19,20,21). The lowest BCUT2D eigenvalue weighted by Crippen LogP contribution is -2.19. The van der Waals surface area contributed by atoms with Gasteiger partial charge in [-0.25, -0.2) is 14.2 Å². The van der Waals surface area contributed by atoms with Gasteiger partial charge in [-0.2, -0.15) is 0 Å². The fourth-order valence-corrected chi connectivity index (χ4v) is 3.10. The number of benzene rings is 2. The molecule has 0 radical (unpaired) electrons. The van der Waals surface area contributed by atoms with E-state index < -0.39 is 6.03 Å². The van der Waals surface area contributed by atoms with E-state index in [-0.39, 0.29) is 5.82 Å². The van der Waals surface area contributed by atoms with Crippen molar-refractivity contribution in [2.75, 3.05) is 24.9 Å². The van der Waals surface area contributed by atoms with Gasteiger partial charge in [-0.05, 0) is 36.4 Å². The van der Waals surface area contributed by atoms with Crippen molar-refractivity contribution < 1.29 is 18.7 Å². The first-order valence-electron chi connectivity index (χ1n) is 6.96. The van der Waals surface area contributed by atoms with Gasteiger partial charge in [-0.15, -0.1) is 0 Å². The molecule has 0 bridgehead atoms. The third-order valence-electron chi connectivity index (χ3n) is 3.23. The summed E-state index contributed by atoms with van der Waals surface area (Å²) in [4.78, 5) is 16.4. The van der Waals surface area contributed by atoms with Crippen molar-refractivity contribution in [3.8, 4) is 11.5 Å². The number of aromatic nitrogens is 1. The molecule has 8 heteroatoms. The summed E-state index contributed by atoms with van der Waals surface area (Å²) in [5.41, 5.74) is 1.09. The minimum Gasteiger partial charge on any atom is -0.495 e. The molecule has 1 aromatic heterocycles. The highest BCUT2D eigenvalue weighted by atomic mass is 32.1. The van der Waals surface area contributed by atoms with Crippen molar-refractivity contribution in [3.63, 3.8) is 0 Å². The minimum absolute atomic E-state index is 0.369. The fourth-order valence-electron chi connectivity index (χ4n) is 2.13. The van der Waals surface area contributed by atoms with Gasteiger partial charge in [0.25, 0.3) is 0 Å². The summed E-state index contributed by atoms with van der Waals surface area (Å²) >= 11 is 1.27. The van der Waals surface area contributed by atoms with Crippen molar-refractivity contribution in [3.05, 3.63) is 42.2 Å². The van der Waals surface area contributed by atoms with Gasteiger partial charge in [-0.1, -0.05) is 11.3 Å². The molecule has 124 valence electrons. The molecule has 0 aliphatic rings.